The molecule has 0 spiro atoms. The number of aryl methyl sites for hydroxylation is 1. The zero-order valence-electron chi connectivity index (χ0n) is 13.0. The quantitative estimate of drug-likeness (QED) is 0.811. The van der Waals surface area contributed by atoms with Crippen molar-refractivity contribution in [3.63, 3.8) is 0 Å². The average Bonchev–Trinajstić information content (AvgIpc) is 3.35. The van der Waals surface area contributed by atoms with E-state index in [-0.39, 0.29) is 35.6 Å². The maximum atomic E-state index is 14.1. The van der Waals surface area contributed by atoms with Crippen LogP contribution in [0, 0.1) is 11.6 Å². The summed E-state index contributed by atoms with van der Waals surface area (Å²) in [6, 6.07) is 0.981. The number of aromatic nitrogens is 1. The molecule has 0 bridgehead atoms. The van der Waals surface area contributed by atoms with Gasteiger partial charge in [0.25, 0.3) is 0 Å². The van der Waals surface area contributed by atoms with Crippen LogP contribution in [-0.2, 0) is 11.2 Å². The summed E-state index contributed by atoms with van der Waals surface area (Å²) in [5.74, 6) is -2.75. The van der Waals surface area contributed by atoms with Gasteiger partial charge in [0.1, 0.15) is 5.56 Å². The van der Waals surface area contributed by atoms with Gasteiger partial charge in [-0.2, -0.15) is 0 Å². The van der Waals surface area contributed by atoms with Gasteiger partial charge in [-0.15, -0.1) is 0 Å². The molecule has 1 saturated carbocycles. The Balaban J connectivity index is 2.40. The summed E-state index contributed by atoms with van der Waals surface area (Å²) in [5.41, 5.74) is -0.213. The SMILES string of the molecule is CCOC(=O)c1cn(C2CC2)c2c(CC)c(F)c(F)cc2c1=O. The second kappa shape index (κ2) is 5.76. The number of halogens is 2. The summed E-state index contributed by atoms with van der Waals surface area (Å²) < 4.78 is 34.6. The maximum absolute atomic E-state index is 14.1. The number of nitrogens with zero attached hydrogens (tertiary/aromatic N) is 1. The summed E-state index contributed by atoms with van der Waals surface area (Å²) >= 11 is 0. The molecule has 1 aromatic heterocycles. The molecule has 0 unspecified atom stereocenters. The highest BCUT2D eigenvalue weighted by Crippen LogP contribution is 2.38. The number of benzene rings is 1. The van der Waals surface area contributed by atoms with Crippen molar-refractivity contribution >= 4 is 16.9 Å². The molecular weight excluding hydrogens is 304 g/mol. The molecule has 0 radical (unpaired) electrons. The van der Waals surface area contributed by atoms with Crippen LogP contribution in [0.5, 0.6) is 0 Å². The van der Waals surface area contributed by atoms with Crippen LogP contribution in [0.1, 0.15) is 48.7 Å². The Morgan fingerprint density at radius 2 is 2.04 bits per heavy atom. The van der Waals surface area contributed by atoms with Crippen molar-refractivity contribution in [1.82, 2.24) is 4.57 Å². The van der Waals surface area contributed by atoms with Crippen molar-refractivity contribution in [3.05, 3.63) is 45.2 Å². The number of pyridine rings is 1. The minimum absolute atomic E-state index is 0.0261. The third-order valence-electron chi connectivity index (χ3n) is 4.09. The number of hydrogen-bond donors (Lipinski definition) is 0. The molecule has 0 N–H and O–H groups in total. The molecule has 1 aromatic carbocycles. The Bertz CT molecular complexity index is 853. The van der Waals surface area contributed by atoms with Crippen molar-refractivity contribution in [2.45, 2.75) is 39.2 Å². The predicted molar refractivity (Wildman–Crippen MR) is 81.7 cm³/mol. The molecule has 3 rings (SSSR count). The smallest absolute Gasteiger partial charge is 0.343 e. The average molecular weight is 321 g/mol. The molecule has 1 heterocycles. The van der Waals surface area contributed by atoms with E-state index in [0.29, 0.717) is 5.52 Å². The molecular formula is C17H17F2NO3. The molecule has 0 aliphatic heterocycles. The van der Waals surface area contributed by atoms with Gasteiger partial charge in [-0.25, -0.2) is 13.6 Å². The molecule has 1 fully saturated rings. The monoisotopic (exact) mass is 321 g/mol. The lowest BCUT2D eigenvalue weighted by Crippen LogP contribution is -2.22. The summed E-state index contributed by atoms with van der Waals surface area (Å²) in [7, 11) is 0. The Morgan fingerprint density at radius 3 is 2.61 bits per heavy atom. The van der Waals surface area contributed by atoms with Crippen LogP contribution in [0.3, 0.4) is 0 Å². The standard InChI is InChI=1S/C17H17F2NO3/c1-3-10-14(19)13(18)7-11-15(10)20(9-5-6-9)8-12(16(11)21)17(22)23-4-2/h7-9H,3-6H2,1-2H3. The van der Waals surface area contributed by atoms with Crippen LogP contribution in [0.2, 0.25) is 0 Å². The lowest BCUT2D eigenvalue weighted by Gasteiger charge is -2.16. The van der Waals surface area contributed by atoms with Gasteiger partial charge < -0.3 is 9.30 Å². The van der Waals surface area contributed by atoms with Gasteiger partial charge in [0.15, 0.2) is 11.6 Å². The summed E-state index contributed by atoms with van der Waals surface area (Å²) in [5, 5.41) is 0.0261. The van der Waals surface area contributed by atoms with E-state index in [2.05, 4.69) is 0 Å². The van der Waals surface area contributed by atoms with Crippen molar-refractivity contribution in [2.75, 3.05) is 6.61 Å². The number of carbonyl (C=O) groups is 1. The topological polar surface area (TPSA) is 48.3 Å². The highest BCUT2D eigenvalue weighted by molar-refractivity contribution is 5.94. The van der Waals surface area contributed by atoms with Crippen LogP contribution in [-0.4, -0.2) is 17.1 Å². The van der Waals surface area contributed by atoms with Gasteiger partial charge in [-0.1, -0.05) is 6.92 Å². The molecule has 1 aliphatic rings. The third kappa shape index (κ3) is 2.52. The number of ether oxygens (including phenoxy) is 1. The first-order valence-corrected chi connectivity index (χ1v) is 7.72. The number of esters is 1. The van der Waals surface area contributed by atoms with Crippen molar-refractivity contribution in [2.24, 2.45) is 0 Å². The van der Waals surface area contributed by atoms with E-state index in [1.54, 1.807) is 18.4 Å². The first-order valence-electron chi connectivity index (χ1n) is 7.72. The van der Waals surface area contributed by atoms with Gasteiger partial charge in [-0.3, -0.25) is 4.79 Å². The van der Waals surface area contributed by atoms with Gasteiger partial charge in [0.05, 0.1) is 12.1 Å². The molecule has 4 nitrogen and oxygen atoms in total. The lowest BCUT2D eigenvalue weighted by molar-refractivity contribution is 0.0524. The van der Waals surface area contributed by atoms with E-state index in [1.165, 1.54) is 6.20 Å². The van der Waals surface area contributed by atoms with E-state index >= 15 is 0 Å². The lowest BCUT2D eigenvalue weighted by atomic mass is 10.0. The van der Waals surface area contributed by atoms with Gasteiger partial charge >= 0.3 is 5.97 Å². The number of carbonyl (C=O) groups excluding carboxylic acids is 1. The minimum atomic E-state index is -1.07. The van der Waals surface area contributed by atoms with Gasteiger partial charge in [-0.05, 0) is 32.3 Å². The van der Waals surface area contributed by atoms with E-state index in [9.17, 15) is 18.4 Å². The Morgan fingerprint density at radius 1 is 1.35 bits per heavy atom. The normalized spacial score (nSPS) is 14.3. The molecule has 0 atom stereocenters. The molecule has 0 saturated heterocycles. The first-order chi connectivity index (χ1) is 11.0. The van der Waals surface area contributed by atoms with Crippen molar-refractivity contribution < 1.29 is 18.3 Å². The maximum Gasteiger partial charge on any atom is 0.343 e. The van der Waals surface area contributed by atoms with Crippen LogP contribution < -0.4 is 5.43 Å². The number of hydrogen-bond acceptors (Lipinski definition) is 3. The van der Waals surface area contributed by atoms with Crippen molar-refractivity contribution in [3.8, 4) is 0 Å². The molecule has 1 aliphatic carbocycles. The van der Waals surface area contributed by atoms with Crippen LogP contribution in [0.15, 0.2) is 17.1 Å². The van der Waals surface area contributed by atoms with Crippen LogP contribution in [0.4, 0.5) is 8.78 Å². The zero-order chi connectivity index (χ0) is 16.7. The van der Waals surface area contributed by atoms with E-state index in [4.69, 9.17) is 4.74 Å². The second-order valence-corrected chi connectivity index (χ2v) is 5.63. The summed E-state index contributed by atoms with van der Waals surface area (Å²) in [6.45, 7) is 3.48. The fraction of sp³-hybridized carbons (Fsp3) is 0.412. The minimum Gasteiger partial charge on any atom is -0.462 e. The molecule has 0 amide bonds. The first kappa shape index (κ1) is 15.6. The largest absolute Gasteiger partial charge is 0.462 e. The van der Waals surface area contributed by atoms with E-state index in [0.717, 1.165) is 18.9 Å². The van der Waals surface area contributed by atoms with Gasteiger partial charge in [0, 0.05) is 23.2 Å². The van der Waals surface area contributed by atoms with Crippen LogP contribution in [0.25, 0.3) is 10.9 Å². The number of fused-ring (bicyclic) bond motifs is 1. The van der Waals surface area contributed by atoms with E-state index < -0.39 is 23.0 Å². The van der Waals surface area contributed by atoms with Crippen LogP contribution >= 0.6 is 0 Å². The Kier molecular flexibility index (Phi) is 3.92. The summed E-state index contributed by atoms with van der Waals surface area (Å²) in [6.07, 6.45) is 3.44. The van der Waals surface area contributed by atoms with Crippen molar-refractivity contribution in [1.29, 1.82) is 0 Å². The fourth-order valence-corrected chi connectivity index (χ4v) is 2.86. The third-order valence-corrected chi connectivity index (χ3v) is 4.09. The fourth-order valence-electron chi connectivity index (χ4n) is 2.86. The Hall–Kier alpha value is -2.24. The van der Waals surface area contributed by atoms with Gasteiger partial charge in [0.2, 0.25) is 5.43 Å². The molecule has 122 valence electrons. The van der Waals surface area contributed by atoms with E-state index in [1.807, 2.05) is 0 Å². The molecule has 23 heavy (non-hydrogen) atoms. The zero-order valence-corrected chi connectivity index (χ0v) is 13.0. The molecule has 6 heteroatoms. The highest BCUT2D eigenvalue weighted by atomic mass is 19.2. The number of rotatable bonds is 4. The predicted octanol–water partition coefficient (Wildman–Crippen LogP) is 3.35. The molecule has 2 aromatic rings. The summed E-state index contributed by atoms with van der Waals surface area (Å²) in [4.78, 5) is 24.6. The Labute approximate surface area is 131 Å². The second-order valence-electron chi connectivity index (χ2n) is 5.63. The highest BCUT2D eigenvalue weighted by Gasteiger charge is 2.29.